The lowest BCUT2D eigenvalue weighted by atomic mass is 9.99. The Morgan fingerprint density at radius 1 is 1.09 bits per heavy atom. The Hall–Kier alpha value is -0.620. The Labute approximate surface area is 142 Å². The fourth-order valence-corrected chi connectivity index (χ4v) is 4.04. The van der Waals surface area contributed by atoms with E-state index in [1.54, 1.807) is 4.90 Å². The van der Waals surface area contributed by atoms with Gasteiger partial charge in [0.1, 0.15) is 0 Å². The molecule has 0 radical (unpaired) electrons. The van der Waals surface area contributed by atoms with Crippen molar-refractivity contribution in [3.05, 3.63) is 0 Å². The van der Waals surface area contributed by atoms with E-state index in [4.69, 9.17) is 0 Å². The molecule has 1 saturated heterocycles. The quantitative estimate of drug-likeness (QED) is 0.718. The molecular weight excluding hydrogens is 312 g/mol. The van der Waals surface area contributed by atoms with Crippen LogP contribution >= 0.6 is 0 Å². The van der Waals surface area contributed by atoms with E-state index in [0.717, 1.165) is 19.3 Å². The van der Waals surface area contributed by atoms with Gasteiger partial charge in [-0.1, -0.05) is 33.1 Å². The number of rotatable bonds is 7. The Morgan fingerprint density at radius 2 is 1.61 bits per heavy atom. The van der Waals surface area contributed by atoms with Crippen LogP contribution in [0.15, 0.2) is 0 Å². The topological polar surface area (TPSA) is 66.5 Å². The number of hydrogen-bond donors (Lipinski definition) is 1. The molecule has 1 N–H and O–H groups in total. The lowest BCUT2D eigenvalue weighted by Gasteiger charge is -2.34. The summed E-state index contributed by atoms with van der Waals surface area (Å²) in [7, 11) is -2.95. The van der Waals surface area contributed by atoms with Crippen molar-refractivity contribution in [3.8, 4) is 0 Å². The molecule has 0 saturated carbocycles. The maximum absolute atomic E-state index is 12.8. The standard InChI is InChI=1S/C17H34N2O3S/c1-14(2)8-6-7-9-15(18-17(3,4)5)16(20)19-10-12-23(21,22)13-11-19/h14-15,18H,6-13H2,1-5H3. The van der Waals surface area contributed by atoms with E-state index in [-0.39, 0.29) is 29.0 Å². The second-order valence-corrected chi connectivity index (χ2v) is 10.4. The highest BCUT2D eigenvalue weighted by molar-refractivity contribution is 7.91. The molecular formula is C17H34N2O3S. The average molecular weight is 347 g/mol. The van der Waals surface area contributed by atoms with E-state index in [1.807, 2.05) is 0 Å². The summed E-state index contributed by atoms with van der Waals surface area (Å²) in [5.74, 6) is 0.925. The third-order valence-electron chi connectivity index (χ3n) is 4.09. The predicted molar refractivity (Wildman–Crippen MR) is 95.2 cm³/mol. The van der Waals surface area contributed by atoms with E-state index in [2.05, 4.69) is 39.9 Å². The fourth-order valence-electron chi connectivity index (χ4n) is 2.83. The zero-order valence-corrected chi connectivity index (χ0v) is 16.2. The minimum atomic E-state index is -2.95. The third-order valence-corrected chi connectivity index (χ3v) is 5.69. The van der Waals surface area contributed by atoms with Crippen molar-refractivity contribution in [2.24, 2.45) is 5.92 Å². The molecule has 0 aromatic carbocycles. The van der Waals surface area contributed by atoms with E-state index in [0.29, 0.717) is 19.0 Å². The van der Waals surface area contributed by atoms with Gasteiger partial charge in [-0.2, -0.15) is 0 Å². The molecule has 1 heterocycles. The monoisotopic (exact) mass is 346 g/mol. The molecule has 1 amide bonds. The second-order valence-electron chi connectivity index (χ2n) is 8.10. The first-order chi connectivity index (χ1) is 10.5. The molecule has 1 rings (SSSR count). The highest BCUT2D eigenvalue weighted by Gasteiger charge is 2.31. The molecule has 1 atom stereocenters. The number of nitrogens with one attached hydrogen (secondary N) is 1. The minimum absolute atomic E-state index is 0.0550. The van der Waals surface area contributed by atoms with Crippen molar-refractivity contribution in [2.45, 2.75) is 71.9 Å². The first kappa shape index (κ1) is 20.4. The Balaban J connectivity index is 2.61. The molecule has 136 valence electrons. The third kappa shape index (κ3) is 8.15. The van der Waals surface area contributed by atoms with Crippen molar-refractivity contribution in [1.29, 1.82) is 0 Å². The first-order valence-corrected chi connectivity index (χ1v) is 10.6. The van der Waals surface area contributed by atoms with Crippen LogP contribution < -0.4 is 5.32 Å². The van der Waals surface area contributed by atoms with Gasteiger partial charge in [-0.25, -0.2) is 8.42 Å². The zero-order valence-electron chi connectivity index (χ0n) is 15.4. The van der Waals surface area contributed by atoms with Crippen molar-refractivity contribution in [3.63, 3.8) is 0 Å². The number of hydrogen-bond acceptors (Lipinski definition) is 4. The molecule has 0 aromatic rings. The summed E-state index contributed by atoms with van der Waals surface area (Å²) in [5.41, 5.74) is -0.139. The largest absolute Gasteiger partial charge is 0.339 e. The Bertz CT molecular complexity index is 467. The molecule has 1 aliphatic rings. The lowest BCUT2D eigenvalue weighted by molar-refractivity contribution is -0.133. The van der Waals surface area contributed by atoms with Gasteiger partial charge in [0, 0.05) is 18.6 Å². The molecule has 1 aliphatic heterocycles. The van der Waals surface area contributed by atoms with Gasteiger partial charge in [0.25, 0.3) is 0 Å². The van der Waals surface area contributed by atoms with Gasteiger partial charge in [-0.15, -0.1) is 0 Å². The van der Waals surface area contributed by atoms with Gasteiger partial charge in [-0.05, 0) is 33.1 Å². The van der Waals surface area contributed by atoms with Crippen LogP contribution in [-0.2, 0) is 14.6 Å². The minimum Gasteiger partial charge on any atom is -0.339 e. The molecule has 0 aromatic heterocycles. The van der Waals surface area contributed by atoms with Crippen LogP contribution in [0, 0.1) is 5.92 Å². The van der Waals surface area contributed by atoms with Gasteiger partial charge in [0.2, 0.25) is 5.91 Å². The van der Waals surface area contributed by atoms with Crippen molar-refractivity contribution < 1.29 is 13.2 Å². The predicted octanol–water partition coefficient (Wildman–Crippen LogP) is 2.22. The summed E-state index contributed by atoms with van der Waals surface area (Å²) in [4.78, 5) is 14.5. The molecule has 6 heteroatoms. The van der Waals surface area contributed by atoms with Crippen LogP contribution in [0.4, 0.5) is 0 Å². The highest BCUT2D eigenvalue weighted by atomic mass is 32.2. The molecule has 0 spiro atoms. The van der Waals surface area contributed by atoms with Crippen LogP contribution in [0.5, 0.6) is 0 Å². The maximum atomic E-state index is 12.8. The maximum Gasteiger partial charge on any atom is 0.239 e. The molecule has 0 aliphatic carbocycles. The molecule has 5 nitrogen and oxygen atoms in total. The Morgan fingerprint density at radius 3 is 2.09 bits per heavy atom. The summed E-state index contributed by atoms with van der Waals surface area (Å²) in [5, 5.41) is 3.42. The van der Waals surface area contributed by atoms with E-state index in [1.165, 1.54) is 6.42 Å². The summed E-state index contributed by atoms with van der Waals surface area (Å²) < 4.78 is 23.1. The number of sulfone groups is 1. The van der Waals surface area contributed by atoms with Crippen LogP contribution in [0.25, 0.3) is 0 Å². The second kappa shape index (κ2) is 8.47. The van der Waals surface area contributed by atoms with Gasteiger partial charge in [-0.3, -0.25) is 4.79 Å². The smallest absolute Gasteiger partial charge is 0.239 e. The summed E-state index contributed by atoms with van der Waals surface area (Å²) in [6, 6.07) is -0.219. The highest BCUT2D eigenvalue weighted by Crippen LogP contribution is 2.15. The number of nitrogens with zero attached hydrogens (tertiary/aromatic N) is 1. The van der Waals surface area contributed by atoms with Crippen molar-refractivity contribution >= 4 is 15.7 Å². The Kier molecular flexibility index (Phi) is 7.52. The number of carbonyl (C=O) groups is 1. The average Bonchev–Trinajstić information content (AvgIpc) is 2.40. The molecule has 23 heavy (non-hydrogen) atoms. The molecule has 0 bridgehead atoms. The van der Waals surface area contributed by atoms with Gasteiger partial charge in [0.15, 0.2) is 9.84 Å². The van der Waals surface area contributed by atoms with E-state index in [9.17, 15) is 13.2 Å². The SMILES string of the molecule is CC(C)CCCCC(NC(C)(C)C)C(=O)N1CCS(=O)(=O)CC1. The van der Waals surface area contributed by atoms with Crippen LogP contribution in [0.3, 0.4) is 0 Å². The van der Waals surface area contributed by atoms with Gasteiger partial charge in [0.05, 0.1) is 17.5 Å². The van der Waals surface area contributed by atoms with Crippen molar-refractivity contribution in [2.75, 3.05) is 24.6 Å². The van der Waals surface area contributed by atoms with E-state index < -0.39 is 9.84 Å². The van der Waals surface area contributed by atoms with Crippen LogP contribution in [0.1, 0.15) is 60.3 Å². The summed E-state index contributed by atoms with van der Waals surface area (Å²) in [6.07, 6.45) is 4.13. The fraction of sp³-hybridized carbons (Fsp3) is 0.941. The number of carbonyl (C=O) groups excluding carboxylic acids is 1. The van der Waals surface area contributed by atoms with E-state index >= 15 is 0 Å². The van der Waals surface area contributed by atoms with Crippen LogP contribution in [-0.4, -0.2) is 55.4 Å². The lowest BCUT2D eigenvalue weighted by Crippen LogP contribution is -2.55. The zero-order chi connectivity index (χ0) is 17.7. The molecule has 1 fully saturated rings. The number of unbranched alkanes of at least 4 members (excludes halogenated alkanes) is 1. The summed E-state index contributed by atoms with van der Waals surface area (Å²) in [6.45, 7) is 11.3. The van der Waals surface area contributed by atoms with Crippen LogP contribution in [0.2, 0.25) is 0 Å². The molecule has 1 unspecified atom stereocenters. The van der Waals surface area contributed by atoms with Gasteiger partial charge < -0.3 is 10.2 Å². The normalized spacial score (nSPS) is 19.8. The number of amides is 1. The first-order valence-electron chi connectivity index (χ1n) is 8.77. The summed E-state index contributed by atoms with van der Waals surface area (Å²) >= 11 is 0. The van der Waals surface area contributed by atoms with Gasteiger partial charge >= 0.3 is 0 Å². The van der Waals surface area contributed by atoms with Crippen molar-refractivity contribution in [1.82, 2.24) is 10.2 Å².